The van der Waals surface area contributed by atoms with Gasteiger partial charge in [0.05, 0.1) is 6.61 Å². The Balaban J connectivity index is 2.09. The van der Waals surface area contributed by atoms with Crippen molar-refractivity contribution < 1.29 is 54.4 Å². The smallest absolute Gasteiger partial charge is 0.335 e. The van der Waals surface area contributed by atoms with Gasteiger partial charge in [-0.05, 0) is 0 Å². The van der Waals surface area contributed by atoms with Gasteiger partial charge in [-0.15, -0.1) is 0 Å². The van der Waals surface area contributed by atoms with E-state index in [9.17, 15) is 30.3 Å². The van der Waals surface area contributed by atoms with Gasteiger partial charge in [0.25, 0.3) is 0 Å². The fourth-order valence-corrected chi connectivity index (χ4v) is 2.46. The van der Waals surface area contributed by atoms with Crippen molar-refractivity contribution in [3.05, 3.63) is 0 Å². The van der Waals surface area contributed by atoms with Gasteiger partial charge in [-0.25, -0.2) is 4.79 Å². The first-order chi connectivity index (χ1) is 10.8. The quantitative estimate of drug-likeness (QED) is 0.294. The minimum atomic E-state index is -1.91. The van der Waals surface area contributed by atoms with E-state index in [-0.39, 0.29) is 6.61 Å². The van der Waals surface area contributed by atoms with Gasteiger partial charge in [0.1, 0.15) is 36.6 Å². The van der Waals surface area contributed by atoms with E-state index in [1.165, 1.54) is 7.11 Å². The molecular formula is C12H20O11. The Labute approximate surface area is 130 Å². The lowest BCUT2D eigenvalue weighted by Gasteiger charge is -2.43. The molecule has 0 saturated carbocycles. The van der Waals surface area contributed by atoms with Crippen LogP contribution in [0.2, 0.25) is 0 Å². The number of carbonyl (C=O) groups is 1. The Kier molecular flexibility index (Phi) is 5.89. The molecule has 5 unspecified atom stereocenters. The molecule has 2 fully saturated rings. The van der Waals surface area contributed by atoms with E-state index < -0.39 is 61.3 Å². The molecule has 0 aromatic rings. The minimum Gasteiger partial charge on any atom is -0.479 e. The number of hydrogen-bond donors (Lipinski definition) is 6. The Bertz CT molecular complexity index is 418. The molecule has 0 bridgehead atoms. The Hall–Kier alpha value is -0.890. The van der Waals surface area contributed by atoms with Gasteiger partial charge in [0.2, 0.25) is 0 Å². The second-order valence-electron chi connectivity index (χ2n) is 5.32. The largest absolute Gasteiger partial charge is 0.479 e. The average Bonchev–Trinajstić information content (AvgIpc) is 2.51. The summed E-state index contributed by atoms with van der Waals surface area (Å²) in [4.78, 5) is 11.0. The normalized spacial score (nSPS) is 48.2. The third-order valence-electron chi connectivity index (χ3n) is 3.83. The Morgan fingerprint density at radius 1 is 1.04 bits per heavy atom. The van der Waals surface area contributed by atoms with E-state index in [0.717, 1.165) is 0 Å². The molecule has 0 aromatic carbocycles. The topological polar surface area (TPSA) is 175 Å². The van der Waals surface area contributed by atoms with Crippen LogP contribution in [-0.4, -0.2) is 106 Å². The number of ether oxygens (including phenoxy) is 4. The summed E-state index contributed by atoms with van der Waals surface area (Å²) in [7, 11) is 1.31. The summed E-state index contributed by atoms with van der Waals surface area (Å²) in [6.07, 6.45) is -14.2. The molecule has 134 valence electrons. The molecule has 0 aliphatic carbocycles. The number of carboxylic acids is 1. The summed E-state index contributed by atoms with van der Waals surface area (Å²) in [5, 5.41) is 58.0. The number of methoxy groups -OCH3 is 1. The van der Waals surface area contributed by atoms with Crippen LogP contribution in [0.25, 0.3) is 0 Å². The standard InChI is InChI=1S/C12H20O11/c1-20-3-2-21-12(5(14)4(3)13)23-8-6(15)9(10(17)18)22-11(19)7(8)16/h3-9,11-16,19H,2H2,1H3,(H,17,18)/t3-,4?,5?,6+,7?,8?,9?,11-,12-/m1/s1. The van der Waals surface area contributed by atoms with Crippen LogP contribution in [0.4, 0.5) is 0 Å². The monoisotopic (exact) mass is 340 g/mol. The van der Waals surface area contributed by atoms with E-state index in [4.69, 9.17) is 19.3 Å². The molecule has 0 spiro atoms. The van der Waals surface area contributed by atoms with Crippen molar-refractivity contribution in [3.63, 3.8) is 0 Å². The van der Waals surface area contributed by atoms with Crippen molar-refractivity contribution in [1.82, 2.24) is 0 Å². The van der Waals surface area contributed by atoms with Crippen molar-refractivity contribution in [2.75, 3.05) is 13.7 Å². The van der Waals surface area contributed by atoms with E-state index in [2.05, 4.69) is 4.74 Å². The molecule has 0 aromatic heterocycles. The first kappa shape index (κ1) is 18.4. The number of rotatable bonds is 4. The van der Waals surface area contributed by atoms with Gasteiger partial charge in [-0.3, -0.25) is 0 Å². The van der Waals surface area contributed by atoms with Crippen LogP contribution >= 0.6 is 0 Å². The number of aliphatic hydroxyl groups is 5. The fraction of sp³-hybridized carbons (Fsp3) is 0.917. The van der Waals surface area contributed by atoms with Gasteiger partial charge >= 0.3 is 5.97 Å². The predicted molar refractivity (Wildman–Crippen MR) is 68.0 cm³/mol. The third kappa shape index (κ3) is 3.63. The van der Waals surface area contributed by atoms with E-state index in [1.807, 2.05) is 0 Å². The molecule has 2 heterocycles. The van der Waals surface area contributed by atoms with Crippen molar-refractivity contribution in [2.45, 2.75) is 55.3 Å². The molecule has 2 aliphatic rings. The lowest BCUT2D eigenvalue weighted by atomic mass is 9.98. The van der Waals surface area contributed by atoms with Crippen LogP contribution in [-0.2, 0) is 23.7 Å². The Morgan fingerprint density at radius 3 is 2.26 bits per heavy atom. The van der Waals surface area contributed by atoms with Crippen molar-refractivity contribution in [3.8, 4) is 0 Å². The second-order valence-corrected chi connectivity index (χ2v) is 5.32. The molecular weight excluding hydrogens is 320 g/mol. The maximum atomic E-state index is 11.0. The van der Waals surface area contributed by atoms with Gasteiger partial charge < -0.3 is 49.6 Å². The number of carboxylic acid groups (broad SMARTS) is 1. The Morgan fingerprint density at radius 2 is 1.70 bits per heavy atom. The zero-order chi connectivity index (χ0) is 17.3. The lowest BCUT2D eigenvalue weighted by Crippen LogP contribution is -2.63. The molecule has 11 heteroatoms. The molecule has 11 nitrogen and oxygen atoms in total. The molecule has 23 heavy (non-hydrogen) atoms. The van der Waals surface area contributed by atoms with Crippen LogP contribution in [0.3, 0.4) is 0 Å². The summed E-state index contributed by atoms with van der Waals surface area (Å²) in [5.41, 5.74) is 0. The van der Waals surface area contributed by atoms with E-state index in [1.54, 1.807) is 0 Å². The van der Waals surface area contributed by atoms with Crippen LogP contribution in [0.15, 0.2) is 0 Å². The van der Waals surface area contributed by atoms with Gasteiger partial charge in [0.15, 0.2) is 18.7 Å². The first-order valence-electron chi connectivity index (χ1n) is 6.86. The zero-order valence-electron chi connectivity index (χ0n) is 12.1. The first-order valence-corrected chi connectivity index (χ1v) is 6.86. The molecule has 0 amide bonds. The molecule has 2 saturated heterocycles. The number of aliphatic carboxylic acids is 1. The van der Waals surface area contributed by atoms with Crippen molar-refractivity contribution >= 4 is 5.97 Å². The minimum absolute atomic E-state index is 0.139. The number of aliphatic hydroxyl groups excluding tert-OH is 5. The maximum Gasteiger partial charge on any atom is 0.335 e. The van der Waals surface area contributed by atoms with Crippen LogP contribution in [0.5, 0.6) is 0 Å². The molecule has 6 N–H and O–H groups in total. The lowest BCUT2D eigenvalue weighted by molar-refractivity contribution is -0.339. The number of hydrogen-bond acceptors (Lipinski definition) is 10. The highest BCUT2D eigenvalue weighted by molar-refractivity contribution is 5.73. The summed E-state index contributed by atoms with van der Waals surface area (Å²) < 4.78 is 19.8. The SMILES string of the molecule is CO[C@@H]1CO[C@H](OC2C(O)[C@H](O)OC(C(=O)O)[C@H]2O)C(O)C1O. The van der Waals surface area contributed by atoms with Gasteiger partial charge in [-0.1, -0.05) is 0 Å². The van der Waals surface area contributed by atoms with Gasteiger partial charge in [0, 0.05) is 7.11 Å². The highest BCUT2D eigenvalue weighted by Crippen LogP contribution is 2.27. The van der Waals surface area contributed by atoms with E-state index in [0.29, 0.717) is 0 Å². The zero-order valence-corrected chi connectivity index (χ0v) is 12.1. The average molecular weight is 340 g/mol. The molecule has 2 rings (SSSR count). The summed E-state index contributed by atoms with van der Waals surface area (Å²) in [6.45, 7) is -0.139. The fourth-order valence-electron chi connectivity index (χ4n) is 2.46. The summed E-state index contributed by atoms with van der Waals surface area (Å²) >= 11 is 0. The van der Waals surface area contributed by atoms with Crippen LogP contribution in [0.1, 0.15) is 0 Å². The molecule has 9 atom stereocenters. The summed E-state index contributed by atoms with van der Waals surface area (Å²) in [6, 6.07) is 0. The highest BCUT2D eigenvalue weighted by Gasteiger charge is 2.50. The maximum absolute atomic E-state index is 11.0. The highest BCUT2D eigenvalue weighted by atomic mass is 16.7. The van der Waals surface area contributed by atoms with Crippen molar-refractivity contribution in [2.24, 2.45) is 0 Å². The third-order valence-corrected chi connectivity index (χ3v) is 3.83. The second kappa shape index (κ2) is 7.34. The van der Waals surface area contributed by atoms with Crippen molar-refractivity contribution in [1.29, 1.82) is 0 Å². The molecule has 2 aliphatic heterocycles. The van der Waals surface area contributed by atoms with E-state index >= 15 is 0 Å². The summed E-state index contributed by atoms with van der Waals surface area (Å²) in [5.74, 6) is -1.57. The predicted octanol–water partition coefficient (Wildman–Crippen LogP) is -4.01. The van der Waals surface area contributed by atoms with Gasteiger partial charge in [-0.2, -0.15) is 0 Å². The van der Waals surface area contributed by atoms with Crippen LogP contribution < -0.4 is 0 Å². The van der Waals surface area contributed by atoms with Crippen LogP contribution in [0, 0.1) is 0 Å². The molecule has 0 radical (unpaired) electrons.